The molecule has 0 radical (unpaired) electrons. The maximum Gasteiger partial charge on any atom is 0.329 e. The van der Waals surface area contributed by atoms with Crippen molar-refractivity contribution >= 4 is 17.1 Å². The van der Waals surface area contributed by atoms with Crippen LogP contribution in [0.1, 0.15) is 6.42 Å². The molecular weight excluding hydrogens is 412 g/mol. The number of ether oxygens (including phenoxy) is 3. The number of aliphatic carboxylic acids is 1. The molecule has 2 heterocycles. The molecule has 1 N–H and O–H groups in total. The van der Waals surface area contributed by atoms with E-state index in [2.05, 4.69) is 9.97 Å². The first-order valence-electron chi connectivity index (χ1n) is 10.1. The van der Waals surface area contributed by atoms with Crippen LogP contribution in [0.3, 0.4) is 0 Å². The minimum atomic E-state index is -1.00. The van der Waals surface area contributed by atoms with Gasteiger partial charge in [-0.25, -0.2) is 14.8 Å². The fraction of sp³-hybridized carbons (Fsp3) is 0.208. The summed E-state index contributed by atoms with van der Waals surface area (Å²) in [5, 5.41) is 9.31. The first-order chi connectivity index (χ1) is 15.7. The van der Waals surface area contributed by atoms with Crippen molar-refractivity contribution in [3.63, 3.8) is 0 Å². The largest absolute Gasteiger partial charge is 0.497 e. The summed E-state index contributed by atoms with van der Waals surface area (Å²) in [4.78, 5) is 19.2. The van der Waals surface area contributed by atoms with Gasteiger partial charge in [-0.05, 0) is 17.7 Å². The quantitative estimate of drug-likeness (QED) is 0.366. The van der Waals surface area contributed by atoms with Crippen molar-refractivity contribution in [2.45, 2.75) is 6.42 Å². The van der Waals surface area contributed by atoms with Crippen LogP contribution in [-0.2, 0) is 9.53 Å². The second kappa shape index (κ2) is 9.93. The highest BCUT2D eigenvalue weighted by atomic mass is 16.5. The summed E-state index contributed by atoms with van der Waals surface area (Å²) in [7, 11) is 1.62. The van der Waals surface area contributed by atoms with Gasteiger partial charge in [0.15, 0.2) is 0 Å². The minimum absolute atomic E-state index is 0.270. The van der Waals surface area contributed by atoms with Crippen molar-refractivity contribution in [3.05, 3.63) is 60.9 Å². The Kier molecular flexibility index (Phi) is 6.62. The molecule has 8 heteroatoms. The Balaban J connectivity index is 1.71. The summed E-state index contributed by atoms with van der Waals surface area (Å²) in [6.07, 6.45) is 1.91. The molecule has 2 aromatic heterocycles. The molecule has 0 bridgehead atoms. The number of hydrogen-bond donors (Lipinski definition) is 1. The summed E-state index contributed by atoms with van der Waals surface area (Å²) in [6.45, 7) is 0.244. The Morgan fingerprint density at radius 2 is 1.78 bits per heavy atom. The van der Waals surface area contributed by atoms with Crippen molar-refractivity contribution in [2.24, 2.45) is 0 Å². The highest BCUT2D eigenvalue weighted by molar-refractivity contribution is 6.03. The van der Waals surface area contributed by atoms with Crippen LogP contribution in [0.15, 0.2) is 65.3 Å². The monoisotopic (exact) mass is 434 g/mol. The average Bonchev–Trinajstić information content (AvgIpc) is 3.22. The zero-order chi connectivity index (χ0) is 22.3. The zero-order valence-electron chi connectivity index (χ0n) is 17.5. The second-order valence-corrected chi connectivity index (χ2v) is 6.91. The third-order valence-electron chi connectivity index (χ3n) is 4.77. The van der Waals surface area contributed by atoms with Crippen LogP contribution in [-0.4, -0.2) is 48.0 Å². The third-order valence-corrected chi connectivity index (χ3v) is 4.77. The Morgan fingerprint density at radius 1 is 1.00 bits per heavy atom. The summed E-state index contributed by atoms with van der Waals surface area (Å²) in [5.74, 6) is 0.808. The molecule has 0 fully saturated rings. The maximum absolute atomic E-state index is 10.5. The van der Waals surface area contributed by atoms with Crippen LogP contribution < -0.4 is 9.47 Å². The van der Waals surface area contributed by atoms with Gasteiger partial charge in [0.1, 0.15) is 29.8 Å². The predicted octanol–water partition coefficient (Wildman–Crippen LogP) is 4.44. The molecule has 164 valence electrons. The van der Waals surface area contributed by atoms with Gasteiger partial charge in [-0.1, -0.05) is 42.5 Å². The van der Waals surface area contributed by atoms with Crippen LogP contribution >= 0.6 is 0 Å². The van der Waals surface area contributed by atoms with E-state index in [1.807, 2.05) is 54.6 Å². The Labute approximate surface area is 184 Å². The molecule has 0 aliphatic heterocycles. The third kappa shape index (κ3) is 4.70. The molecule has 0 aliphatic carbocycles. The van der Waals surface area contributed by atoms with Gasteiger partial charge >= 0.3 is 5.97 Å². The number of carboxylic acid groups (broad SMARTS) is 1. The van der Waals surface area contributed by atoms with Gasteiger partial charge in [0.05, 0.1) is 20.3 Å². The summed E-state index contributed by atoms with van der Waals surface area (Å²) < 4.78 is 22.4. The summed E-state index contributed by atoms with van der Waals surface area (Å²) in [6, 6.07) is 17.4. The molecule has 0 spiro atoms. The molecule has 0 unspecified atom stereocenters. The number of hydrogen-bond acceptors (Lipinski definition) is 7. The highest BCUT2D eigenvalue weighted by Gasteiger charge is 2.23. The highest BCUT2D eigenvalue weighted by Crippen LogP contribution is 2.43. The van der Waals surface area contributed by atoms with E-state index in [9.17, 15) is 4.79 Å². The number of rotatable bonds is 10. The number of nitrogens with zero attached hydrogens (tertiary/aromatic N) is 2. The molecule has 4 rings (SSSR count). The molecule has 0 saturated heterocycles. The second-order valence-electron chi connectivity index (χ2n) is 6.91. The minimum Gasteiger partial charge on any atom is -0.497 e. The number of furan rings is 1. The van der Waals surface area contributed by atoms with Crippen LogP contribution in [0.4, 0.5) is 0 Å². The maximum atomic E-state index is 10.5. The molecule has 0 saturated carbocycles. The van der Waals surface area contributed by atoms with Crippen molar-refractivity contribution < 1.29 is 28.5 Å². The van der Waals surface area contributed by atoms with Gasteiger partial charge in [0.2, 0.25) is 11.6 Å². The normalized spacial score (nSPS) is 10.9. The van der Waals surface area contributed by atoms with E-state index in [0.29, 0.717) is 35.8 Å². The number of aromatic nitrogens is 2. The lowest BCUT2D eigenvalue weighted by Crippen LogP contribution is -2.10. The smallest absolute Gasteiger partial charge is 0.329 e. The molecule has 0 amide bonds. The number of methoxy groups -OCH3 is 1. The summed E-state index contributed by atoms with van der Waals surface area (Å²) >= 11 is 0. The van der Waals surface area contributed by atoms with E-state index in [0.717, 1.165) is 22.4 Å². The standard InChI is InChI=1S/C24H22N2O6/c1-29-18-10-8-16(9-11-18)20-21-23(31-13-5-12-30-14-19(27)28)25-15-26-24(21)32-22(20)17-6-3-2-4-7-17/h2-4,6-11,15H,5,12-14H2,1H3,(H,27,28). The topological polar surface area (TPSA) is 104 Å². The predicted molar refractivity (Wildman–Crippen MR) is 118 cm³/mol. The number of carboxylic acids is 1. The van der Waals surface area contributed by atoms with Gasteiger partial charge in [0.25, 0.3) is 0 Å². The van der Waals surface area contributed by atoms with E-state index in [1.165, 1.54) is 6.33 Å². The average molecular weight is 434 g/mol. The van der Waals surface area contributed by atoms with Crippen molar-refractivity contribution in [3.8, 4) is 34.1 Å². The SMILES string of the molecule is COc1ccc(-c2c(-c3ccccc3)oc3ncnc(OCCCOCC(=O)O)c23)cc1. The Bertz CT molecular complexity index is 1190. The van der Waals surface area contributed by atoms with Crippen LogP contribution in [0, 0.1) is 0 Å². The van der Waals surface area contributed by atoms with Crippen molar-refractivity contribution in [2.75, 3.05) is 26.9 Å². The number of carbonyl (C=O) groups is 1. The lowest BCUT2D eigenvalue weighted by atomic mass is 9.99. The van der Waals surface area contributed by atoms with E-state index < -0.39 is 5.97 Å². The van der Waals surface area contributed by atoms with E-state index in [-0.39, 0.29) is 13.2 Å². The fourth-order valence-corrected chi connectivity index (χ4v) is 3.33. The Hall–Kier alpha value is -3.91. The van der Waals surface area contributed by atoms with Gasteiger partial charge in [0, 0.05) is 17.5 Å². The van der Waals surface area contributed by atoms with E-state index in [1.54, 1.807) is 7.11 Å². The van der Waals surface area contributed by atoms with E-state index >= 15 is 0 Å². The van der Waals surface area contributed by atoms with E-state index in [4.69, 9.17) is 23.7 Å². The van der Waals surface area contributed by atoms with Crippen LogP contribution in [0.5, 0.6) is 11.6 Å². The van der Waals surface area contributed by atoms with Gasteiger partial charge in [-0.3, -0.25) is 0 Å². The van der Waals surface area contributed by atoms with Crippen LogP contribution in [0.25, 0.3) is 33.6 Å². The molecule has 2 aromatic carbocycles. The zero-order valence-corrected chi connectivity index (χ0v) is 17.5. The number of benzene rings is 2. The number of fused-ring (bicyclic) bond motifs is 1. The molecule has 0 aliphatic rings. The lowest BCUT2D eigenvalue weighted by Gasteiger charge is -2.09. The molecule has 0 atom stereocenters. The molecular formula is C24H22N2O6. The lowest BCUT2D eigenvalue weighted by molar-refractivity contribution is -0.142. The first kappa shape index (κ1) is 21.3. The molecule has 32 heavy (non-hydrogen) atoms. The van der Waals surface area contributed by atoms with Gasteiger partial charge in [-0.15, -0.1) is 0 Å². The summed E-state index contributed by atoms with van der Waals surface area (Å²) in [5.41, 5.74) is 3.06. The Morgan fingerprint density at radius 3 is 2.50 bits per heavy atom. The fourth-order valence-electron chi connectivity index (χ4n) is 3.33. The van der Waals surface area contributed by atoms with Gasteiger partial charge < -0.3 is 23.7 Å². The van der Waals surface area contributed by atoms with Gasteiger partial charge in [-0.2, -0.15) is 0 Å². The first-order valence-corrected chi connectivity index (χ1v) is 10.1. The van der Waals surface area contributed by atoms with Crippen molar-refractivity contribution in [1.82, 2.24) is 9.97 Å². The van der Waals surface area contributed by atoms with Crippen LogP contribution in [0.2, 0.25) is 0 Å². The molecule has 4 aromatic rings. The van der Waals surface area contributed by atoms with Crippen molar-refractivity contribution in [1.29, 1.82) is 0 Å². The molecule has 8 nitrogen and oxygen atoms in total.